The Labute approximate surface area is 107 Å². The van der Waals surface area contributed by atoms with E-state index in [0.29, 0.717) is 10.6 Å². The summed E-state index contributed by atoms with van der Waals surface area (Å²) in [5, 5.41) is 7.02. The lowest BCUT2D eigenvalue weighted by molar-refractivity contribution is 0.274. The zero-order valence-corrected chi connectivity index (χ0v) is 11.7. The minimum absolute atomic E-state index is 0. The second-order valence-electron chi connectivity index (χ2n) is 4.05. The molecule has 0 unspecified atom stereocenters. The summed E-state index contributed by atoms with van der Waals surface area (Å²) in [5.74, 6) is 0. The Bertz CT molecular complexity index is 495. The molecule has 1 fully saturated rings. The van der Waals surface area contributed by atoms with Crippen LogP contribution in [0.4, 0.5) is 0 Å². The van der Waals surface area contributed by atoms with E-state index < -0.39 is 10.0 Å². The van der Waals surface area contributed by atoms with Gasteiger partial charge in [0.2, 0.25) is 10.0 Å². The van der Waals surface area contributed by atoms with Crippen LogP contribution in [0.2, 0.25) is 0 Å². The van der Waals surface area contributed by atoms with Gasteiger partial charge < -0.3 is 5.32 Å². The molecule has 98 valence electrons. The average Bonchev–Trinajstić information content (AvgIpc) is 2.45. The van der Waals surface area contributed by atoms with E-state index in [9.17, 15) is 8.42 Å². The molecule has 0 amide bonds. The summed E-state index contributed by atoms with van der Waals surface area (Å²) in [6, 6.07) is 0.0598. The molecule has 1 aliphatic heterocycles. The molecule has 0 spiro atoms. The van der Waals surface area contributed by atoms with Crippen molar-refractivity contribution < 1.29 is 8.42 Å². The minimum atomic E-state index is -3.40. The second kappa shape index (κ2) is 4.93. The topological polar surface area (TPSA) is 67.2 Å². The van der Waals surface area contributed by atoms with Crippen molar-refractivity contribution in [1.29, 1.82) is 0 Å². The summed E-state index contributed by atoms with van der Waals surface area (Å²) < 4.78 is 27.5. The first-order chi connectivity index (χ1) is 7.44. The molecule has 1 saturated heterocycles. The quantitative estimate of drug-likeness (QED) is 0.829. The third-order valence-corrected chi connectivity index (χ3v) is 5.13. The summed E-state index contributed by atoms with van der Waals surface area (Å²) in [5.41, 5.74) is 0.666. The summed E-state index contributed by atoms with van der Waals surface area (Å²) >= 11 is 0. The van der Waals surface area contributed by atoms with Gasteiger partial charge >= 0.3 is 0 Å². The van der Waals surface area contributed by atoms with Gasteiger partial charge in [-0.25, -0.2) is 8.42 Å². The highest BCUT2D eigenvalue weighted by molar-refractivity contribution is 7.89. The molecule has 1 aromatic rings. The summed E-state index contributed by atoms with van der Waals surface area (Å²) in [7, 11) is -0.0452. The van der Waals surface area contributed by atoms with E-state index >= 15 is 0 Å². The Hall–Kier alpha value is -0.630. The van der Waals surface area contributed by atoms with Crippen molar-refractivity contribution in [2.45, 2.75) is 17.9 Å². The number of halogens is 1. The maximum atomic E-state index is 12.2. The van der Waals surface area contributed by atoms with Crippen LogP contribution in [0.5, 0.6) is 0 Å². The van der Waals surface area contributed by atoms with Gasteiger partial charge in [-0.05, 0) is 6.92 Å². The fourth-order valence-corrected chi connectivity index (χ4v) is 3.15. The first kappa shape index (κ1) is 14.4. The first-order valence-corrected chi connectivity index (χ1v) is 6.56. The zero-order valence-electron chi connectivity index (χ0n) is 10.0. The van der Waals surface area contributed by atoms with Gasteiger partial charge in [0, 0.05) is 33.2 Å². The summed E-state index contributed by atoms with van der Waals surface area (Å²) in [4.78, 5) is 0.296. The maximum absolute atomic E-state index is 12.2. The van der Waals surface area contributed by atoms with Crippen molar-refractivity contribution in [2.24, 2.45) is 7.05 Å². The third-order valence-electron chi connectivity index (χ3n) is 3.12. The molecule has 1 aliphatic rings. The molecule has 8 heteroatoms. The highest BCUT2D eigenvalue weighted by Gasteiger charge is 2.33. The number of aryl methyl sites for hydroxylation is 1. The van der Waals surface area contributed by atoms with Crippen molar-refractivity contribution in [1.82, 2.24) is 19.4 Å². The lowest BCUT2D eigenvalue weighted by Gasteiger charge is -2.34. The van der Waals surface area contributed by atoms with Crippen molar-refractivity contribution in [3.05, 3.63) is 11.9 Å². The predicted octanol–water partition coefficient (Wildman–Crippen LogP) is -0.257. The van der Waals surface area contributed by atoms with Crippen LogP contribution in [-0.2, 0) is 17.1 Å². The number of sulfonamides is 1. The van der Waals surface area contributed by atoms with Gasteiger partial charge in [-0.15, -0.1) is 12.4 Å². The first-order valence-electron chi connectivity index (χ1n) is 5.12. The molecule has 0 atom stereocenters. The lowest BCUT2D eigenvalue weighted by Crippen LogP contribution is -2.57. The van der Waals surface area contributed by atoms with E-state index in [2.05, 4.69) is 10.4 Å². The van der Waals surface area contributed by atoms with Crippen LogP contribution >= 0.6 is 12.4 Å². The standard InChI is InChI=1S/C9H16N4O2S.ClH/c1-7-9(6-11-12(7)2)16(14,15)13(3)8-4-10-5-8;/h6,8,10H,4-5H2,1-3H3;1H. The monoisotopic (exact) mass is 280 g/mol. The number of nitrogens with one attached hydrogen (secondary N) is 1. The highest BCUT2D eigenvalue weighted by Crippen LogP contribution is 2.20. The van der Waals surface area contributed by atoms with E-state index in [1.165, 1.54) is 10.5 Å². The Balaban J connectivity index is 0.00000144. The molecule has 1 N–H and O–H groups in total. The van der Waals surface area contributed by atoms with Crippen LogP contribution in [0.1, 0.15) is 5.69 Å². The normalized spacial score (nSPS) is 16.7. The third kappa shape index (κ3) is 2.33. The van der Waals surface area contributed by atoms with Crippen LogP contribution in [-0.4, -0.2) is 48.7 Å². The van der Waals surface area contributed by atoms with Gasteiger partial charge in [-0.3, -0.25) is 4.68 Å². The summed E-state index contributed by atoms with van der Waals surface area (Å²) in [6.45, 7) is 3.19. The SMILES string of the molecule is Cc1c(S(=O)(=O)N(C)C2CNC2)cnn1C.Cl. The van der Waals surface area contributed by atoms with Crippen molar-refractivity contribution >= 4 is 22.4 Å². The van der Waals surface area contributed by atoms with E-state index in [1.54, 1.807) is 25.7 Å². The van der Waals surface area contributed by atoms with E-state index in [1.807, 2.05) is 0 Å². The number of hydrogen-bond donors (Lipinski definition) is 1. The fraction of sp³-hybridized carbons (Fsp3) is 0.667. The minimum Gasteiger partial charge on any atom is -0.313 e. The smallest absolute Gasteiger partial charge is 0.246 e. The largest absolute Gasteiger partial charge is 0.313 e. The summed E-state index contributed by atoms with van der Waals surface area (Å²) in [6.07, 6.45) is 1.41. The molecule has 1 aromatic heterocycles. The molecule has 2 rings (SSSR count). The Morgan fingerprint density at radius 1 is 1.53 bits per heavy atom. The predicted molar refractivity (Wildman–Crippen MR) is 66.8 cm³/mol. The highest BCUT2D eigenvalue weighted by atomic mass is 35.5. The number of nitrogens with zero attached hydrogens (tertiary/aromatic N) is 3. The van der Waals surface area contributed by atoms with Crippen molar-refractivity contribution in [3.63, 3.8) is 0 Å². The van der Waals surface area contributed by atoms with Gasteiger partial charge in [0.25, 0.3) is 0 Å². The lowest BCUT2D eigenvalue weighted by atomic mass is 10.2. The molecule has 0 aromatic carbocycles. The number of likely N-dealkylation sites (N-methyl/N-ethyl adjacent to an activating group) is 1. The van der Waals surface area contributed by atoms with Gasteiger partial charge in [-0.1, -0.05) is 0 Å². The van der Waals surface area contributed by atoms with Crippen LogP contribution in [0, 0.1) is 6.92 Å². The van der Waals surface area contributed by atoms with Crippen LogP contribution < -0.4 is 5.32 Å². The van der Waals surface area contributed by atoms with Gasteiger partial charge in [-0.2, -0.15) is 9.40 Å². The Morgan fingerprint density at radius 3 is 2.47 bits per heavy atom. The molecule has 6 nitrogen and oxygen atoms in total. The fourth-order valence-electron chi connectivity index (χ4n) is 1.61. The van der Waals surface area contributed by atoms with E-state index in [4.69, 9.17) is 0 Å². The molecule has 2 heterocycles. The number of hydrogen-bond acceptors (Lipinski definition) is 4. The van der Waals surface area contributed by atoms with E-state index in [0.717, 1.165) is 13.1 Å². The molecule has 0 saturated carbocycles. The molecule has 0 radical (unpaired) electrons. The van der Waals surface area contributed by atoms with Crippen LogP contribution in [0.25, 0.3) is 0 Å². The average molecular weight is 281 g/mol. The Kier molecular flexibility index (Phi) is 4.19. The van der Waals surface area contributed by atoms with E-state index in [-0.39, 0.29) is 18.4 Å². The molecular weight excluding hydrogens is 264 g/mol. The number of rotatable bonds is 3. The van der Waals surface area contributed by atoms with Crippen LogP contribution in [0.3, 0.4) is 0 Å². The van der Waals surface area contributed by atoms with Crippen molar-refractivity contribution in [3.8, 4) is 0 Å². The van der Waals surface area contributed by atoms with Crippen molar-refractivity contribution in [2.75, 3.05) is 20.1 Å². The molecular formula is C9H17ClN4O2S. The zero-order chi connectivity index (χ0) is 11.9. The van der Waals surface area contributed by atoms with Gasteiger partial charge in [0.1, 0.15) is 4.90 Å². The molecule has 0 aliphatic carbocycles. The second-order valence-corrected chi connectivity index (χ2v) is 6.02. The van der Waals surface area contributed by atoms with Gasteiger partial charge in [0.05, 0.1) is 11.9 Å². The molecule has 17 heavy (non-hydrogen) atoms. The molecule has 0 bridgehead atoms. The van der Waals surface area contributed by atoms with Crippen LogP contribution in [0.15, 0.2) is 11.1 Å². The number of aromatic nitrogens is 2. The maximum Gasteiger partial charge on any atom is 0.246 e. The Morgan fingerprint density at radius 2 is 2.12 bits per heavy atom. The van der Waals surface area contributed by atoms with Gasteiger partial charge in [0.15, 0.2) is 0 Å².